The fourth-order valence-corrected chi connectivity index (χ4v) is 4.02. The zero-order valence-corrected chi connectivity index (χ0v) is 14.5. The van der Waals surface area contributed by atoms with Crippen LogP contribution in [0, 0.1) is 0 Å². The normalized spacial score (nSPS) is 17.6. The van der Waals surface area contributed by atoms with Crippen LogP contribution in [0.1, 0.15) is 16.5 Å². The number of nitrogens with zero attached hydrogens (tertiary/aromatic N) is 1. The summed E-state index contributed by atoms with van der Waals surface area (Å²) in [5, 5.41) is 2.77. The summed E-state index contributed by atoms with van der Waals surface area (Å²) in [6.45, 7) is 0.456. The van der Waals surface area contributed by atoms with Crippen LogP contribution in [-0.2, 0) is 6.18 Å². The van der Waals surface area contributed by atoms with Crippen LogP contribution in [0.3, 0.4) is 0 Å². The van der Waals surface area contributed by atoms with Gasteiger partial charge in [0.15, 0.2) is 0 Å². The Bertz CT molecular complexity index is 784. The molecule has 0 saturated carbocycles. The average Bonchev–Trinajstić information content (AvgIpc) is 3.04. The standard InChI is InChI=1S/C17H14ClF3N2OS/c18-13-5-2-6-14(10-13)22-16(24)23-7-8-25-15(23)11-3-1-4-12(9-11)17(19,20)21/h1-6,9-10,15H,7-8H2,(H,22,24)/t15-/m0/s1. The van der Waals surface area contributed by atoms with Gasteiger partial charge in [-0.25, -0.2) is 4.79 Å². The zero-order valence-electron chi connectivity index (χ0n) is 12.9. The Morgan fingerprint density at radius 2 is 1.96 bits per heavy atom. The Balaban J connectivity index is 1.79. The van der Waals surface area contributed by atoms with Gasteiger partial charge in [0.25, 0.3) is 0 Å². The minimum atomic E-state index is -4.41. The SMILES string of the molecule is O=C(Nc1cccc(Cl)c1)N1CCS[C@H]1c1cccc(C(F)(F)F)c1. The highest BCUT2D eigenvalue weighted by atomic mass is 35.5. The Hall–Kier alpha value is -1.86. The van der Waals surface area contributed by atoms with Gasteiger partial charge < -0.3 is 10.2 Å². The number of thioether (sulfide) groups is 1. The lowest BCUT2D eigenvalue weighted by molar-refractivity contribution is -0.137. The molecule has 132 valence electrons. The van der Waals surface area contributed by atoms with Crippen molar-refractivity contribution in [3.05, 3.63) is 64.7 Å². The first-order chi connectivity index (χ1) is 11.8. The molecule has 1 heterocycles. The van der Waals surface area contributed by atoms with E-state index in [1.807, 2.05) is 0 Å². The third-order valence-electron chi connectivity index (χ3n) is 3.73. The van der Waals surface area contributed by atoms with Crippen LogP contribution in [0.25, 0.3) is 0 Å². The number of rotatable bonds is 2. The molecule has 0 aromatic heterocycles. The predicted molar refractivity (Wildman–Crippen MR) is 93.8 cm³/mol. The molecule has 0 aliphatic carbocycles. The van der Waals surface area contributed by atoms with Gasteiger partial charge in [0.1, 0.15) is 5.37 Å². The summed E-state index contributed by atoms with van der Waals surface area (Å²) >= 11 is 7.33. The van der Waals surface area contributed by atoms with Crippen LogP contribution in [0.4, 0.5) is 23.7 Å². The molecule has 1 fully saturated rings. The molecule has 0 spiro atoms. The van der Waals surface area contributed by atoms with E-state index in [-0.39, 0.29) is 6.03 Å². The number of hydrogen-bond acceptors (Lipinski definition) is 2. The fourth-order valence-electron chi connectivity index (χ4n) is 2.58. The van der Waals surface area contributed by atoms with Crippen molar-refractivity contribution in [3.8, 4) is 0 Å². The molecular formula is C17H14ClF3N2OS. The summed E-state index contributed by atoms with van der Waals surface area (Å²) in [6.07, 6.45) is -4.41. The van der Waals surface area contributed by atoms with Crippen molar-refractivity contribution in [1.82, 2.24) is 4.90 Å². The highest BCUT2D eigenvalue weighted by Gasteiger charge is 2.34. The largest absolute Gasteiger partial charge is 0.416 e. The minimum Gasteiger partial charge on any atom is -0.308 e. The molecule has 1 aliphatic rings. The number of carbonyl (C=O) groups excluding carboxylic acids is 1. The Kier molecular flexibility index (Phi) is 5.15. The number of amides is 2. The van der Waals surface area contributed by atoms with Crippen LogP contribution in [0.5, 0.6) is 0 Å². The molecule has 1 aliphatic heterocycles. The Labute approximate surface area is 152 Å². The second-order valence-corrected chi connectivity index (χ2v) is 7.10. The first-order valence-corrected chi connectivity index (χ1v) is 8.89. The molecule has 2 amide bonds. The molecule has 2 aromatic rings. The highest BCUT2D eigenvalue weighted by molar-refractivity contribution is 7.99. The van der Waals surface area contributed by atoms with Crippen molar-refractivity contribution in [2.24, 2.45) is 0 Å². The highest BCUT2D eigenvalue weighted by Crippen LogP contribution is 2.40. The van der Waals surface area contributed by atoms with E-state index < -0.39 is 17.1 Å². The second-order valence-electron chi connectivity index (χ2n) is 5.48. The summed E-state index contributed by atoms with van der Waals surface area (Å²) in [5.41, 5.74) is 0.281. The van der Waals surface area contributed by atoms with Gasteiger partial charge >= 0.3 is 12.2 Å². The number of nitrogens with one attached hydrogen (secondary N) is 1. The van der Waals surface area contributed by atoms with Crippen molar-refractivity contribution in [3.63, 3.8) is 0 Å². The van der Waals surface area contributed by atoms with Gasteiger partial charge in [-0.1, -0.05) is 29.8 Å². The molecule has 3 nitrogen and oxygen atoms in total. The zero-order chi connectivity index (χ0) is 18.0. The number of benzene rings is 2. The van der Waals surface area contributed by atoms with Crippen LogP contribution in [0.2, 0.25) is 5.02 Å². The van der Waals surface area contributed by atoms with Crippen LogP contribution >= 0.6 is 23.4 Å². The van der Waals surface area contributed by atoms with Crippen molar-refractivity contribution in [1.29, 1.82) is 0 Å². The van der Waals surface area contributed by atoms with Gasteiger partial charge in [0.2, 0.25) is 0 Å². The predicted octanol–water partition coefficient (Wildman–Crippen LogP) is 5.64. The molecule has 8 heteroatoms. The summed E-state index contributed by atoms with van der Waals surface area (Å²) in [7, 11) is 0. The van der Waals surface area contributed by atoms with E-state index in [0.29, 0.717) is 28.6 Å². The van der Waals surface area contributed by atoms with Gasteiger partial charge in [-0.15, -0.1) is 11.8 Å². The lowest BCUT2D eigenvalue weighted by Crippen LogP contribution is -2.34. The van der Waals surface area contributed by atoms with Crippen molar-refractivity contribution in [2.45, 2.75) is 11.6 Å². The monoisotopic (exact) mass is 386 g/mol. The number of urea groups is 1. The van der Waals surface area contributed by atoms with Crippen LogP contribution < -0.4 is 5.32 Å². The van der Waals surface area contributed by atoms with Crippen LogP contribution in [0.15, 0.2) is 48.5 Å². The van der Waals surface area contributed by atoms with Crippen LogP contribution in [-0.4, -0.2) is 23.2 Å². The summed E-state index contributed by atoms with van der Waals surface area (Å²) in [4.78, 5) is 14.1. The third-order valence-corrected chi connectivity index (χ3v) is 5.22. The maximum Gasteiger partial charge on any atom is 0.416 e. The van der Waals surface area contributed by atoms with Gasteiger partial charge in [-0.05, 0) is 35.9 Å². The molecule has 0 bridgehead atoms. The van der Waals surface area contributed by atoms with E-state index in [1.54, 1.807) is 30.3 Å². The second kappa shape index (κ2) is 7.17. The molecule has 1 N–H and O–H groups in total. The third kappa shape index (κ3) is 4.22. The van der Waals surface area contributed by atoms with Crippen molar-refractivity contribution < 1.29 is 18.0 Å². The van der Waals surface area contributed by atoms with E-state index >= 15 is 0 Å². The summed E-state index contributed by atoms with van der Waals surface area (Å²) in [5.74, 6) is 0.657. The Morgan fingerprint density at radius 3 is 2.68 bits per heavy atom. The first kappa shape index (κ1) is 17.9. The maximum absolute atomic E-state index is 12.9. The van der Waals surface area contributed by atoms with Crippen molar-refractivity contribution in [2.75, 3.05) is 17.6 Å². The molecule has 25 heavy (non-hydrogen) atoms. The van der Waals surface area contributed by atoms with E-state index in [9.17, 15) is 18.0 Å². The fraction of sp³-hybridized carbons (Fsp3) is 0.235. The maximum atomic E-state index is 12.9. The molecule has 0 unspecified atom stereocenters. The topological polar surface area (TPSA) is 32.3 Å². The number of halogens is 4. The molecule has 3 rings (SSSR count). The molecule has 1 saturated heterocycles. The lowest BCUT2D eigenvalue weighted by Gasteiger charge is -2.25. The molecule has 0 radical (unpaired) electrons. The smallest absolute Gasteiger partial charge is 0.308 e. The number of carbonyl (C=O) groups is 1. The van der Waals surface area contributed by atoms with E-state index in [2.05, 4.69) is 5.32 Å². The summed E-state index contributed by atoms with van der Waals surface area (Å²) < 4.78 is 38.8. The number of anilines is 1. The minimum absolute atomic E-state index is 0.366. The number of alkyl halides is 3. The molecular weight excluding hydrogens is 373 g/mol. The van der Waals surface area contributed by atoms with Gasteiger partial charge in [-0.3, -0.25) is 0 Å². The summed E-state index contributed by atoms with van der Waals surface area (Å²) in [6, 6.07) is 11.4. The van der Waals surface area contributed by atoms with Crippen molar-refractivity contribution >= 4 is 35.1 Å². The quantitative estimate of drug-likeness (QED) is 0.724. The molecule has 2 aromatic carbocycles. The number of hydrogen-bond donors (Lipinski definition) is 1. The van der Waals surface area contributed by atoms with Gasteiger partial charge in [0.05, 0.1) is 5.56 Å². The Morgan fingerprint density at radius 1 is 1.20 bits per heavy atom. The average molecular weight is 387 g/mol. The van der Waals surface area contributed by atoms with E-state index in [0.717, 1.165) is 12.1 Å². The van der Waals surface area contributed by atoms with Gasteiger partial charge in [-0.2, -0.15) is 13.2 Å². The van der Waals surface area contributed by atoms with Gasteiger partial charge in [0, 0.05) is 23.0 Å². The van der Waals surface area contributed by atoms with E-state index in [4.69, 9.17) is 11.6 Å². The first-order valence-electron chi connectivity index (χ1n) is 7.46. The molecule has 1 atom stereocenters. The lowest BCUT2D eigenvalue weighted by atomic mass is 10.1. The van der Waals surface area contributed by atoms with E-state index in [1.165, 1.54) is 22.7 Å².